The van der Waals surface area contributed by atoms with Crippen LogP contribution in [0.3, 0.4) is 0 Å². The Morgan fingerprint density at radius 1 is 1.11 bits per heavy atom. The topological polar surface area (TPSA) is 76.6 Å². The minimum Gasteiger partial charge on any atom is -0.317 e. The van der Waals surface area contributed by atoms with E-state index in [1.54, 1.807) is 17.7 Å². The van der Waals surface area contributed by atoms with E-state index in [1.165, 1.54) is 10.4 Å². The lowest BCUT2D eigenvalue weighted by Gasteiger charge is -2.32. The fourth-order valence-electron chi connectivity index (χ4n) is 5.62. The van der Waals surface area contributed by atoms with Crippen LogP contribution in [0.1, 0.15) is 31.7 Å². The van der Waals surface area contributed by atoms with E-state index < -0.39 is 22.3 Å². The number of fused-ring (bicyclic) bond motifs is 1. The minimum absolute atomic E-state index is 0.112. The van der Waals surface area contributed by atoms with E-state index in [4.69, 9.17) is 9.05 Å². The second-order valence-electron chi connectivity index (χ2n) is 10.4. The largest absolute Gasteiger partial charge is 0.328 e. The number of hydrogen-bond donors (Lipinski definition) is 1. The van der Waals surface area contributed by atoms with Gasteiger partial charge in [0.15, 0.2) is 0 Å². The monoisotopic (exact) mass is 537 g/mol. The molecule has 1 aromatic heterocycles. The van der Waals surface area contributed by atoms with Gasteiger partial charge in [-0.2, -0.15) is 0 Å². The summed E-state index contributed by atoms with van der Waals surface area (Å²) in [5, 5.41) is 2.84. The number of aromatic amines is 1. The van der Waals surface area contributed by atoms with Gasteiger partial charge in [-0.1, -0.05) is 84.5 Å². The molecule has 7 nitrogen and oxygen atoms in total. The molecule has 196 valence electrons. The molecule has 37 heavy (non-hydrogen) atoms. The number of aromatic nitrogens is 2. The molecule has 0 amide bonds. The van der Waals surface area contributed by atoms with Crippen LogP contribution in [-0.2, 0) is 15.6 Å². The molecule has 0 unspecified atom stereocenters. The molecule has 5 rings (SSSR count). The summed E-state index contributed by atoms with van der Waals surface area (Å²) >= 11 is 0. The molecule has 9 heteroatoms. The Kier molecular flexibility index (Phi) is 7.93. The molecule has 0 saturated carbocycles. The van der Waals surface area contributed by atoms with E-state index in [1.807, 2.05) is 0 Å². The second kappa shape index (κ2) is 11.2. The lowest BCUT2D eigenvalue weighted by atomic mass is 10.1. The Labute approximate surface area is 220 Å². The third-order valence-electron chi connectivity index (χ3n) is 7.85. The normalized spacial score (nSPS) is 22.7. The highest BCUT2D eigenvalue weighted by molar-refractivity contribution is 7.45. The van der Waals surface area contributed by atoms with Gasteiger partial charge >= 0.3 is 5.69 Å². The van der Waals surface area contributed by atoms with Crippen LogP contribution in [0, 0.1) is 6.92 Å². The Balaban J connectivity index is 1.37. The smallest absolute Gasteiger partial charge is 0.317 e. The van der Waals surface area contributed by atoms with E-state index >= 15 is 0 Å². The molecule has 0 radical (unpaired) electrons. The van der Waals surface area contributed by atoms with Gasteiger partial charge in [-0.3, -0.25) is 14.3 Å². The van der Waals surface area contributed by atoms with Gasteiger partial charge in [0, 0.05) is 24.3 Å². The summed E-state index contributed by atoms with van der Waals surface area (Å²) in [5.41, 5.74) is -0.226. The maximum Gasteiger partial charge on any atom is 0.328 e. The molecule has 2 saturated heterocycles. The zero-order valence-corrected chi connectivity index (χ0v) is 23.7. The van der Waals surface area contributed by atoms with Gasteiger partial charge in [0.25, 0.3) is 14.1 Å². The Hall–Kier alpha value is -2.35. The fraction of sp³-hybridized carbons (Fsp3) is 0.429. The summed E-state index contributed by atoms with van der Waals surface area (Å²) in [5.74, 6) is 0. The highest BCUT2D eigenvalue weighted by Crippen LogP contribution is 2.57. The summed E-state index contributed by atoms with van der Waals surface area (Å²) in [4.78, 5) is 26.5. The van der Waals surface area contributed by atoms with Gasteiger partial charge in [0.2, 0.25) is 0 Å². The molecule has 2 aliphatic heterocycles. The molecular formula is C28H36N3O4PSi. The van der Waals surface area contributed by atoms with Crippen molar-refractivity contribution in [3.63, 3.8) is 0 Å². The molecule has 0 bridgehead atoms. The van der Waals surface area contributed by atoms with Gasteiger partial charge in [-0.05, 0) is 32.2 Å². The maximum absolute atomic E-state index is 12.4. The SMILES string of the molecule is CC[C@H](Cn1cc(C)c(=O)[nH]c1=O)O[P@@]1O[C@H](C[Si](C)(c2ccccc2)c2ccccc2)[C@@H]2CCCN21. The third-order valence-corrected chi connectivity index (χ3v) is 14.1. The molecule has 2 fully saturated rings. The quantitative estimate of drug-likeness (QED) is 0.333. The van der Waals surface area contributed by atoms with Crippen LogP contribution in [0.2, 0.25) is 12.6 Å². The van der Waals surface area contributed by atoms with E-state index in [9.17, 15) is 9.59 Å². The lowest BCUT2D eigenvalue weighted by molar-refractivity contribution is 0.145. The Morgan fingerprint density at radius 2 is 1.76 bits per heavy atom. The van der Waals surface area contributed by atoms with E-state index in [2.05, 4.69) is 83.8 Å². The van der Waals surface area contributed by atoms with Crippen LogP contribution < -0.4 is 21.6 Å². The number of rotatable bonds is 9. The number of nitrogens with zero attached hydrogens (tertiary/aromatic N) is 2. The van der Waals surface area contributed by atoms with Crippen LogP contribution in [0.15, 0.2) is 76.4 Å². The molecule has 2 aliphatic rings. The first-order valence-corrected chi connectivity index (χ1v) is 17.0. The molecule has 1 N–H and O–H groups in total. The van der Waals surface area contributed by atoms with Crippen LogP contribution in [0.25, 0.3) is 0 Å². The van der Waals surface area contributed by atoms with Gasteiger partial charge in [0.05, 0.1) is 18.8 Å². The average molecular weight is 538 g/mol. The zero-order chi connectivity index (χ0) is 26.0. The lowest BCUT2D eigenvalue weighted by Crippen LogP contribution is -2.58. The highest BCUT2D eigenvalue weighted by Gasteiger charge is 2.50. The average Bonchev–Trinajstić information content (AvgIpc) is 3.52. The van der Waals surface area contributed by atoms with Crippen molar-refractivity contribution in [1.82, 2.24) is 14.2 Å². The van der Waals surface area contributed by atoms with E-state index in [-0.39, 0.29) is 17.8 Å². The van der Waals surface area contributed by atoms with Gasteiger partial charge < -0.3 is 9.05 Å². The van der Waals surface area contributed by atoms with Crippen LogP contribution in [0.5, 0.6) is 0 Å². The summed E-state index contributed by atoms with van der Waals surface area (Å²) < 4.78 is 17.3. The highest BCUT2D eigenvalue weighted by atomic mass is 31.2. The van der Waals surface area contributed by atoms with Crippen molar-refractivity contribution in [2.75, 3.05) is 6.54 Å². The van der Waals surface area contributed by atoms with Gasteiger partial charge in [0.1, 0.15) is 8.07 Å². The van der Waals surface area contributed by atoms with Crippen LogP contribution in [0.4, 0.5) is 0 Å². The summed E-state index contributed by atoms with van der Waals surface area (Å²) in [6.07, 6.45) is 4.57. The molecule has 0 spiro atoms. The minimum atomic E-state index is -2.06. The van der Waals surface area contributed by atoms with Gasteiger partial charge in [-0.25, -0.2) is 9.46 Å². The molecule has 2 aromatic carbocycles. The van der Waals surface area contributed by atoms with Crippen LogP contribution in [-0.4, -0.2) is 47.1 Å². The fourth-order valence-corrected chi connectivity index (χ4v) is 11.6. The molecule has 4 atom stereocenters. The summed E-state index contributed by atoms with van der Waals surface area (Å²) in [7, 11) is -3.27. The summed E-state index contributed by atoms with van der Waals surface area (Å²) in [6, 6.07) is 23.2. The van der Waals surface area contributed by atoms with Gasteiger partial charge in [-0.15, -0.1) is 0 Å². The number of benzene rings is 2. The maximum atomic E-state index is 12.4. The summed E-state index contributed by atoms with van der Waals surface area (Å²) in [6.45, 7) is 7.60. The van der Waals surface area contributed by atoms with Crippen molar-refractivity contribution < 1.29 is 9.05 Å². The zero-order valence-electron chi connectivity index (χ0n) is 21.8. The first kappa shape index (κ1) is 26.3. The predicted octanol–water partition coefficient (Wildman–Crippen LogP) is 3.62. The van der Waals surface area contributed by atoms with Crippen LogP contribution >= 0.6 is 8.53 Å². The second-order valence-corrected chi connectivity index (χ2v) is 16.0. The van der Waals surface area contributed by atoms with Crippen molar-refractivity contribution in [2.24, 2.45) is 0 Å². The van der Waals surface area contributed by atoms with Crippen molar-refractivity contribution >= 4 is 27.0 Å². The standard InChI is InChI=1S/C28H36N3O4PSi/c1-4-22(19-30-18-21(2)27(32)29-28(30)33)34-36-31-17-11-16-25(31)26(35-36)20-37(3,23-12-7-5-8-13-23)24-14-9-6-10-15-24/h5-10,12-15,18,22,25-26H,4,11,16-17,19-20H2,1-3H3,(H,29,32,33)/t22-,25+,26-,36+/m1/s1. The molecule has 3 aromatic rings. The number of H-pyrrole nitrogens is 1. The molecule has 3 heterocycles. The molecular weight excluding hydrogens is 501 g/mol. The van der Waals surface area contributed by atoms with Crippen molar-refractivity contribution in [1.29, 1.82) is 0 Å². The number of aryl methyl sites for hydroxylation is 1. The first-order chi connectivity index (χ1) is 17.9. The van der Waals surface area contributed by atoms with Crippen molar-refractivity contribution in [3.05, 3.63) is 93.3 Å². The third kappa shape index (κ3) is 5.45. The van der Waals surface area contributed by atoms with E-state index in [0.717, 1.165) is 31.9 Å². The number of nitrogens with one attached hydrogen (secondary N) is 1. The van der Waals surface area contributed by atoms with Crippen molar-refractivity contribution in [2.45, 2.75) is 70.5 Å². The first-order valence-electron chi connectivity index (χ1n) is 13.2. The number of hydrogen-bond acceptors (Lipinski definition) is 5. The Bertz CT molecular complexity index is 1280. The Morgan fingerprint density at radius 3 is 2.38 bits per heavy atom. The van der Waals surface area contributed by atoms with Crippen molar-refractivity contribution in [3.8, 4) is 0 Å². The molecule has 0 aliphatic carbocycles. The predicted molar refractivity (Wildman–Crippen MR) is 151 cm³/mol. The van der Waals surface area contributed by atoms with E-state index in [0.29, 0.717) is 18.2 Å².